The number of hydrogen-bond donors (Lipinski definition) is 1. The van der Waals surface area contributed by atoms with Crippen LogP contribution >= 0.6 is 0 Å². The SMILES string of the molecule is CCC(C)C(NC(=O)OC(C)(C)C)C(=O)N1CCOCC1. The molecule has 0 radical (unpaired) electrons. The van der Waals surface area contributed by atoms with E-state index in [4.69, 9.17) is 9.47 Å². The van der Waals surface area contributed by atoms with Gasteiger partial charge in [-0.15, -0.1) is 0 Å². The molecule has 6 nitrogen and oxygen atoms in total. The Hall–Kier alpha value is -1.30. The number of morpholine rings is 1. The number of carbonyl (C=O) groups is 2. The van der Waals surface area contributed by atoms with Gasteiger partial charge in [-0.25, -0.2) is 4.79 Å². The second kappa shape index (κ2) is 7.64. The Bertz CT molecular complexity index is 359. The fourth-order valence-corrected chi connectivity index (χ4v) is 2.10. The summed E-state index contributed by atoms with van der Waals surface area (Å²) in [6.45, 7) is 11.6. The fraction of sp³-hybridized carbons (Fsp3) is 0.867. The van der Waals surface area contributed by atoms with Gasteiger partial charge in [0.2, 0.25) is 5.91 Å². The monoisotopic (exact) mass is 300 g/mol. The van der Waals surface area contributed by atoms with Crippen LogP contribution < -0.4 is 5.32 Å². The van der Waals surface area contributed by atoms with Gasteiger partial charge in [0.05, 0.1) is 13.2 Å². The minimum atomic E-state index is -0.577. The Labute approximate surface area is 127 Å². The molecule has 2 amide bonds. The maximum absolute atomic E-state index is 12.6. The van der Waals surface area contributed by atoms with Crippen LogP contribution in [0.15, 0.2) is 0 Å². The van der Waals surface area contributed by atoms with E-state index in [-0.39, 0.29) is 11.8 Å². The van der Waals surface area contributed by atoms with Crippen molar-refractivity contribution in [2.24, 2.45) is 5.92 Å². The minimum Gasteiger partial charge on any atom is -0.444 e. The predicted octanol–water partition coefficient (Wildman–Crippen LogP) is 1.78. The molecule has 1 N–H and O–H groups in total. The highest BCUT2D eigenvalue weighted by molar-refractivity contribution is 5.86. The van der Waals surface area contributed by atoms with Crippen molar-refractivity contribution >= 4 is 12.0 Å². The molecule has 0 spiro atoms. The molecule has 0 aliphatic carbocycles. The van der Waals surface area contributed by atoms with Gasteiger partial charge in [0, 0.05) is 13.1 Å². The molecule has 0 aromatic rings. The molecule has 0 aromatic heterocycles. The highest BCUT2D eigenvalue weighted by Crippen LogP contribution is 2.14. The van der Waals surface area contributed by atoms with Gasteiger partial charge < -0.3 is 19.7 Å². The predicted molar refractivity (Wildman–Crippen MR) is 80.0 cm³/mol. The molecule has 1 aliphatic rings. The third-order valence-electron chi connectivity index (χ3n) is 3.47. The van der Waals surface area contributed by atoms with Gasteiger partial charge in [0.25, 0.3) is 0 Å². The Morgan fingerprint density at radius 3 is 2.33 bits per heavy atom. The maximum atomic E-state index is 12.6. The van der Waals surface area contributed by atoms with Crippen LogP contribution in [0.5, 0.6) is 0 Å². The normalized spacial score (nSPS) is 18.8. The number of amides is 2. The molecule has 2 unspecified atom stereocenters. The number of hydrogen-bond acceptors (Lipinski definition) is 4. The average molecular weight is 300 g/mol. The van der Waals surface area contributed by atoms with E-state index in [1.807, 2.05) is 13.8 Å². The first-order valence-electron chi connectivity index (χ1n) is 7.60. The second-order valence-corrected chi connectivity index (χ2v) is 6.45. The molecule has 0 aromatic carbocycles. The van der Waals surface area contributed by atoms with Crippen molar-refractivity contribution in [1.29, 1.82) is 0 Å². The van der Waals surface area contributed by atoms with Crippen molar-refractivity contribution in [3.63, 3.8) is 0 Å². The Kier molecular flexibility index (Phi) is 6.45. The maximum Gasteiger partial charge on any atom is 0.408 e. The van der Waals surface area contributed by atoms with Crippen LogP contribution in [0.4, 0.5) is 4.79 Å². The zero-order valence-electron chi connectivity index (χ0n) is 13.8. The summed E-state index contributed by atoms with van der Waals surface area (Å²) in [5.41, 5.74) is -0.577. The number of rotatable bonds is 4. The molecule has 0 saturated carbocycles. The summed E-state index contributed by atoms with van der Waals surface area (Å²) < 4.78 is 10.5. The van der Waals surface area contributed by atoms with Crippen molar-refractivity contribution < 1.29 is 19.1 Å². The number of alkyl carbamates (subject to hydrolysis) is 1. The largest absolute Gasteiger partial charge is 0.444 e. The van der Waals surface area contributed by atoms with Gasteiger partial charge in [-0.05, 0) is 26.7 Å². The van der Waals surface area contributed by atoms with E-state index in [0.29, 0.717) is 26.3 Å². The third-order valence-corrected chi connectivity index (χ3v) is 3.47. The molecule has 1 heterocycles. The number of ether oxygens (including phenoxy) is 2. The van der Waals surface area contributed by atoms with Crippen LogP contribution in [0.2, 0.25) is 0 Å². The zero-order chi connectivity index (χ0) is 16.0. The molecule has 122 valence electrons. The van der Waals surface area contributed by atoms with Gasteiger partial charge in [0.1, 0.15) is 11.6 Å². The lowest BCUT2D eigenvalue weighted by atomic mass is 9.98. The van der Waals surface area contributed by atoms with E-state index < -0.39 is 17.7 Å². The van der Waals surface area contributed by atoms with Crippen molar-refractivity contribution in [2.75, 3.05) is 26.3 Å². The topological polar surface area (TPSA) is 67.9 Å². The zero-order valence-corrected chi connectivity index (χ0v) is 13.8. The molecule has 6 heteroatoms. The minimum absolute atomic E-state index is 0.0489. The Morgan fingerprint density at radius 1 is 1.29 bits per heavy atom. The van der Waals surface area contributed by atoms with Crippen molar-refractivity contribution in [3.05, 3.63) is 0 Å². The Morgan fingerprint density at radius 2 is 1.86 bits per heavy atom. The van der Waals surface area contributed by atoms with E-state index >= 15 is 0 Å². The van der Waals surface area contributed by atoms with Crippen LogP contribution in [0.25, 0.3) is 0 Å². The lowest BCUT2D eigenvalue weighted by molar-refractivity contribution is -0.138. The van der Waals surface area contributed by atoms with Crippen LogP contribution in [0.3, 0.4) is 0 Å². The first-order chi connectivity index (χ1) is 9.74. The molecule has 2 atom stereocenters. The third kappa shape index (κ3) is 5.91. The first-order valence-corrected chi connectivity index (χ1v) is 7.60. The standard InChI is InChI=1S/C15H28N2O4/c1-6-11(2)12(16-14(19)21-15(3,4)5)13(18)17-7-9-20-10-8-17/h11-12H,6-10H2,1-5H3,(H,16,19). The summed E-state index contributed by atoms with van der Waals surface area (Å²) in [5, 5.41) is 2.73. The highest BCUT2D eigenvalue weighted by atomic mass is 16.6. The molecule has 1 saturated heterocycles. The Balaban J connectivity index is 2.70. The number of nitrogens with one attached hydrogen (secondary N) is 1. The summed E-state index contributed by atoms with van der Waals surface area (Å²) >= 11 is 0. The van der Waals surface area contributed by atoms with Gasteiger partial charge in [-0.2, -0.15) is 0 Å². The summed E-state index contributed by atoms with van der Waals surface area (Å²) in [6, 6.07) is -0.553. The molecular formula is C15H28N2O4. The van der Waals surface area contributed by atoms with Gasteiger partial charge in [-0.3, -0.25) is 4.79 Å². The lowest BCUT2D eigenvalue weighted by Gasteiger charge is -2.33. The van der Waals surface area contributed by atoms with Crippen LogP contribution in [0.1, 0.15) is 41.0 Å². The van der Waals surface area contributed by atoms with Crippen molar-refractivity contribution in [2.45, 2.75) is 52.7 Å². The van der Waals surface area contributed by atoms with Gasteiger partial charge in [-0.1, -0.05) is 20.3 Å². The number of carbonyl (C=O) groups excluding carboxylic acids is 2. The summed E-state index contributed by atoms with van der Waals surface area (Å²) in [5.74, 6) is -0.00799. The highest BCUT2D eigenvalue weighted by Gasteiger charge is 2.32. The molecule has 21 heavy (non-hydrogen) atoms. The molecule has 1 rings (SSSR count). The van der Waals surface area contributed by atoms with Crippen LogP contribution in [-0.4, -0.2) is 54.8 Å². The van der Waals surface area contributed by atoms with Gasteiger partial charge >= 0.3 is 6.09 Å². The average Bonchev–Trinajstić information content (AvgIpc) is 2.42. The lowest BCUT2D eigenvalue weighted by Crippen LogP contribution is -2.54. The van der Waals surface area contributed by atoms with E-state index in [1.54, 1.807) is 25.7 Å². The summed E-state index contributed by atoms with van der Waals surface area (Å²) in [6.07, 6.45) is 0.255. The second-order valence-electron chi connectivity index (χ2n) is 6.45. The van der Waals surface area contributed by atoms with E-state index in [0.717, 1.165) is 6.42 Å². The van der Waals surface area contributed by atoms with Crippen molar-refractivity contribution in [3.8, 4) is 0 Å². The van der Waals surface area contributed by atoms with E-state index in [2.05, 4.69) is 5.32 Å². The van der Waals surface area contributed by atoms with E-state index in [1.165, 1.54) is 0 Å². The number of nitrogens with zero attached hydrogens (tertiary/aromatic N) is 1. The van der Waals surface area contributed by atoms with Crippen molar-refractivity contribution in [1.82, 2.24) is 10.2 Å². The molecule has 1 fully saturated rings. The quantitative estimate of drug-likeness (QED) is 0.859. The molecule has 0 bridgehead atoms. The molecule has 1 aliphatic heterocycles. The van der Waals surface area contributed by atoms with E-state index in [9.17, 15) is 9.59 Å². The smallest absolute Gasteiger partial charge is 0.408 e. The fourth-order valence-electron chi connectivity index (χ4n) is 2.10. The van der Waals surface area contributed by atoms with Gasteiger partial charge in [0.15, 0.2) is 0 Å². The molecular weight excluding hydrogens is 272 g/mol. The van der Waals surface area contributed by atoms with Crippen LogP contribution in [-0.2, 0) is 14.3 Å². The summed E-state index contributed by atoms with van der Waals surface area (Å²) in [4.78, 5) is 26.3. The first kappa shape index (κ1) is 17.8. The summed E-state index contributed by atoms with van der Waals surface area (Å²) in [7, 11) is 0. The van der Waals surface area contributed by atoms with Crippen LogP contribution in [0, 0.1) is 5.92 Å².